The van der Waals surface area contributed by atoms with Crippen LogP contribution in [0.4, 0.5) is 17.5 Å². The molecule has 0 unspecified atom stereocenters. The number of aryl methyl sites for hydroxylation is 2. The van der Waals surface area contributed by atoms with Crippen LogP contribution in [0.2, 0.25) is 0 Å². The van der Waals surface area contributed by atoms with Crippen LogP contribution in [0, 0.1) is 13.8 Å². The van der Waals surface area contributed by atoms with E-state index in [4.69, 9.17) is 4.98 Å². The first kappa shape index (κ1) is 18.9. The number of anilines is 3. The zero-order valence-electron chi connectivity index (χ0n) is 16.5. The predicted molar refractivity (Wildman–Crippen MR) is 114 cm³/mol. The molecule has 1 aromatic heterocycles. The second-order valence-corrected chi connectivity index (χ2v) is 6.95. The molecule has 27 heavy (non-hydrogen) atoms. The van der Waals surface area contributed by atoms with E-state index in [1.807, 2.05) is 24.3 Å². The number of hydrogen-bond donors (Lipinski definition) is 2. The standard InChI is InChI=1S/C22H27N5/c1-16-9-8-10-17(2)21(16)25-20-15-19(18-11-6-5-7-12-18)24-22(26-20)23-13-14-27(3)4/h5-12,15H,13-14H2,1-4H3,(H2,23,24,25,26). The lowest BCUT2D eigenvalue weighted by molar-refractivity contribution is 0.425. The normalized spacial score (nSPS) is 10.9. The van der Waals surface area contributed by atoms with Crippen LogP contribution in [0.1, 0.15) is 11.1 Å². The van der Waals surface area contributed by atoms with Gasteiger partial charge in [0, 0.05) is 30.4 Å². The molecule has 2 aromatic carbocycles. The van der Waals surface area contributed by atoms with E-state index in [2.05, 4.69) is 78.8 Å². The lowest BCUT2D eigenvalue weighted by Gasteiger charge is -2.15. The van der Waals surface area contributed by atoms with E-state index in [0.29, 0.717) is 5.95 Å². The lowest BCUT2D eigenvalue weighted by atomic mass is 10.1. The highest BCUT2D eigenvalue weighted by Gasteiger charge is 2.09. The van der Waals surface area contributed by atoms with Gasteiger partial charge in [0.25, 0.3) is 0 Å². The van der Waals surface area contributed by atoms with E-state index >= 15 is 0 Å². The predicted octanol–water partition coefficient (Wildman–Crippen LogP) is 4.48. The number of nitrogens with zero attached hydrogens (tertiary/aromatic N) is 3. The van der Waals surface area contributed by atoms with E-state index < -0.39 is 0 Å². The Hall–Kier alpha value is -2.92. The Morgan fingerprint density at radius 2 is 1.59 bits per heavy atom. The third-order valence-corrected chi connectivity index (χ3v) is 4.37. The first-order valence-electron chi connectivity index (χ1n) is 9.19. The molecule has 0 aliphatic rings. The molecule has 0 saturated heterocycles. The largest absolute Gasteiger partial charge is 0.353 e. The number of likely N-dealkylation sites (N-methyl/N-ethyl adjacent to an activating group) is 1. The molecule has 3 aromatic rings. The van der Waals surface area contributed by atoms with Crippen LogP contribution in [-0.2, 0) is 0 Å². The summed E-state index contributed by atoms with van der Waals surface area (Å²) in [5, 5.41) is 6.83. The van der Waals surface area contributed by atoms with E-state index in [1.165, 1.54) is 11.1 Å². The molecule has 2 N–H and O–H groups in total. The number of rotatable bonds is 7. The van der Waals surface area contributed by atoms with Gasteiger partial charge in [0.1, 0.15) is 5.82 Å². The highest BCUT2D eigenvalue weighted by molar-refractivity contribution is 5.70. The molecular formula is C22H27N5. The van der Waals surface area contributed by atoms with Crippen molar-refractivity contribution in [2.75, 3.05) is 37.8 Å². The molecular weight excluding hydrogens is 334 g/mol. The first-order chi connectivity index (χ1) is 13.0. The molecule has 5 heteroatoms. The van der Waals surface area contributed by atoms with Crippen LogP contribution in [-0.4, -0.2) is 42.1 Å². The molecule has 0 aliphatic carbocycles. The smallest absolute Gasteiger partial charge is 0.225 e. The van der Waals surface area contributed by atoms with Crippen molar-refractivity contribution in [3.05, 3.63) is 65.7 Å². The van der Waals surface area contributed by atoms with Gasteiger partial charge in [-0.1, -0.05) is 48.5 Å². The summed E-state index contributed by atoms with van der Waals surface area (Å²) in [6.45, 7) is 5.91. The molecule has 0 bridgehead atoms. The first-order valence-corrected chi connectivity index (χ1v) is 9.19. The molecule has 0 radical (unpaired) electrons. The van der Waals surface area contributed by atoms with Gasteiger partial charge in [0.05, 0.1) is 5.69 Å². The Balaban J connectivity index is 1.94. The minimum absolute atomic E-state index is 0.631. The average molecular weight is 361 g/mol. The topological polar surface area (TPSA) is 53.1 Å². The molecule has 0 spiro atoms. The Labute approximate surface area is 161 Å². The van der Waals surface area contributed by atoms with E-state index in [-0.39, 0.29) is 0 Å². The maximum Gasteiger partial charge on any atom is 0.225 e. The van der Waals surface area contributed by atoms with Crippen LogP contribution in [0.3, 0.4) is 0 Å². The molecule has 0 saturated carbocycles. The van der Waals surface area contributed by atoms with Gasteiger partial charge in [0.15, 0.2) is 0 Å². The Morgan fingerprint density at radius 1 is 0.889 bits per heavy atom. The summed E-state index contributed by atoms with van der Waals surface area (Å²) in [4.78, 5) is 11.5. The maximum absolute atomic E-state index is 4.71. The third-order valence-electron chi connectivity index (χ3n) is 4.37. The van der Waals surface area contributed by atoms with Crippen LogP contribution < -0.4 is 10.6 Å². The van der Waals surface area contributed by atoms with Crippen molar-refractivity contribution < 1.29 is 0 Å². The fourth-order valence-corrected chi connectivity index (χ4v) is 2.88. The van der Waals surface area contributed by atoms with Crippen molar-refractivity contribution >= 4 is 17.5 Å². The summed E-state index contributed by atoms with van der Waals surface area (Å²) in [7, 11) is 4.10. The molecule has 0 aliphatic heterocycles. The van der Waals surface area contributed by atoms with Gasteiger partial charge in [-0.25, -0.2) is 4.98 Å². The molecule has 5 nitrogen and oxygen atoms in total. The molecule has 3 rings (SSSR count). The summed E-state index contributed by atoms with van der Waals surface area (Å²) >= 11 is 0. The van der Waals surface area contributed by atoms with E-state index in [9.17, 15) is 0 Å². The minimum atomic E-state index is 0.631. The highest BCUT2D eigenvalue weighted by Crippen LogP contribution is 2.27. The average Bonchev–Trinajstić information content (AvgIpc) is 2.65. The highest BCUT2D eigenvalue weighted by atomic mass is 15.2. The minimum Gasteiger partial charge on any atom is -0.353 e. The van der Waals surface area contributed by atoms with Crippen molar-refractivity contribution in [2.24, 2.45) is 0 Å². The monoisotopic (exact) mass is 361 g/mol. The summed E-state index contributed by atoms with van der Waals surface area (Å²) in [6, 6.07) is 18.5. The van der Waals surface area contributed by atoms with Gasteiger partial charge in [-0.2, -0.15) is 4.98 Å². The van der Waals surface area contributed by atoms with Gasteiger partial charge >= 0.3 is 0 Å². The van der Waals surface area contributed by atoms with Gasteiger partial charge in [-0.05, 0) is 39.1 Å². The van der Waals surface area contributed by atoms with Crippen molar-refractivity contribution in [2.45, 2.75) is 13.8 Å². The number of benzene rings is 2. The Bertz CT molecular complexity index is 870. The van der Waals surface area contributed by atoms with Gasteiger partial charge in [-0.15, -0.1) is 0 Å². The SMILES string of the molecule is Cc1cccc(C)c1Nc1cc(-c2ccccc2)nc(NCCN(C)C)n1. The molecule has 140 valence electrons. The second-order valence-electron chi connectivity index (χ2n) is 6.95. The molecule has 0 atom stereocenters. The van der Waals surface area contributed by atoms with Crippen LogP contribution in [0.25, 0.3) is 11.3 Å². The van der Waals surface area contributed by atoms with E-state index in [0.717, 1.165) is 35.9 Å². The van der Waals surface area contributed by atoms with Gasteiger partial charge in [0.2, 0.25) is 5.95 Å². The van der Waals surface area contributed by atoms with Crippen molar-refractivity contribution in [1.29, 1.82) is 0 Å². The lowest BCUT2D eigenvalue weighted by Crippen LogP contribution is -2.21. The summed E-state index contributed by atoms with van der Waals surface area (Å²) in [6.07, 6.45) is 0. The van der Waals surface area contributed by atoms with Crippen LogP contribution >= 0.6 is 0 Å². The molecule has 0 amide bonds. The maximum atomic E-state index is 4.71. The zero-order valence-corrected chi connectivity index (χ0v) is 16.5. The molecule has 0 fully saturated rings. The number of aromatic nitrogens is 2. The number of hydrogen-bond acceptors (Lipinski definition) is 5. The summed E-state index contributed by atoms with van der Waals surface area (Å²) in [5.41, 5.74) is 5.44. The Morgan fingerprint density at radius 3 is 2.26 bits per heavy atom. The van der Waals surface area contributed by atoms with Crippen molar-refractivity contribution in [3.63, 3.8) is 0 Å². The fraction of sp³-hybridized carbons (Fsp3) is 0.273. The molecule has 1 heterocycles. The van der Waals surface area contributed by atoms with Crippen molar-refractivity contribution in [1.82, 2.24) is 14.9 Å². The third kappa shape index (κ3) is 5.05. The Kier molecular flexibility index (Phi) is 6.04. The summed E-state index contributed by atoms with van der Waals surface area (Å²) < 4.78 is 0. The van der Waals surface area contributed by atoms with Gasteiger partial charge < -0.3 is 15.5 Å². The number of para-hydroxylation sites is 1. The quantitative estimate of drug-likeness (QED) is 0.650. The fourth-order valence-electron chi connectivity index (χ4n) is 2.88. The van der Waals surface area contributed by atoms with E-state index in [1.54, 1.807) is 0 Å². The van der Waals surface area contributed by atoms with Crippen LogP contribution in [0.5, 0.6) is 0 Å². The van der Waals surface area contributed by atoms with Gasteiger partial charge in [-0.3, -0.25) is 0 Å². The zero-order chi connectivity index (χ0) is 19.2. The van der Waals surface area contributed by atoms with Crippen molar-refractivity contribution in [3.8, 4) is 11.3 Å². The van der Waals surface area contributed by atoms with Crippen LogP contribution in [0.15, 0.2) is 54.6 Å². The summed E-state index contributed by atoms with van der Waals surface area (Å²) in [5.74, 6) is 1.42. The second kappa shape index (κ2) is 8.64. The number of nitrogens with one attached hydrogen (secondary N) is 2.